The molecule has 0 spiro atoms. The number of nitrogens with zero attached hydrogens (tertiary/aromatic N) is 4. The molecule has 4 heterocycles. The molecule has 0 aliphatic carbocycles. The Labute approximate surface area is 214 Å². The van der Waals surface area contributed by atoms with Gasteiger partial charge in [0.25, 0.3) is 5.56 Å². The summed E-state index contributed by atoms with van der Waals surface area (Å²) in [6.45, 7) is 0. The maximum absolute atomic E-state index is 13.2. The van der Waals surface area contributed by atoms with Crippen LogP contribution in [0, 0.1) is 0 Å². The zero-order valence-corrected chi connectivity index (χ0v) is 20.3. The number of thiazole rings is 1. The quantitative estimate of drug-likeness (QED) is 0.255. The first-order chi connectivity index (χ1) is 18.3. The van der Waals surface area contributed by atoms with Crippen LogP contribution in [0.3, 0.4) is 0 Å². The summed E-state index contributed by atoms with van der Waals surface area (Å²) in [6, 6.07) is 35.1. The molecule has 0 amide bonds. The number of para-hydroxylation sites is 3. The lowest BCUT2D eigenvalue weighted by molar-refractivity contribution is 1.12. The first-order valence-corrected chi connectivity index (χ1v) is 12.9. The molecule has 8 rings (SSSR count). The molecule has 4 aromatic heterocycles. The largest absolute Gasteiger partial charge is 0.309 e. The highest BCUT2D eigenvalue weighted by molar-refractivity contribution is 7.23. The summed E-state index contributed by atoms with van der Waals surface area (Å²) < 4.78 is 4.87. The van der Waals surface area contributed by atoms with Crippen molar-refractivity contribution in [2.75, 3.05) is 0 Å². The van der Waals surface area contributed by atoms with Crippen LogP contribution in [0.4, 0.5) is 0 Å². The standard InChI is InChI=1S/C31H18N4OS/c36-30-23-11-4-6-12-25(23)33-31-35(30)29-28(37-31)17-20(18-32-29)19-14-15-27-24(16-19)22-10-5-7-13-26(22)34(27)21-8-2-1-3-9-21/h1-18H. The van der Waals surface area contributed by atoms with Gasteiger partial charge in [-0.05, 0) is 54.1 Å². The van der Waals surface area contributed by atoms with E-state index in [0.717, 1.165) is 27.0 Å². The summed E-state index contributed by atoms with van der Waals surface area (Å²) in [5.74, 6) is 0. The van der Waals surface area contributed by atoms with Gasteiger partial charge in [-0.15, -0.1) is 0 Å². The Bertz CT molecular complexity index is 2220. The highest BCUT2D eigenvalue weighted by Crippen LogP contribution is 2.36. The molecule has 0 bridgehead atoms. The number of fused-ring (bicyclic) bond motifs is 7. The molecule has 0 unspecified atom stereocenters. The fraction of sp³-hybridized carbons (Fsp3) is 0. The van der Waals surface area contributed by atoms with Crippen LogP contribution in [0.15, 0.2) is 114 Å². The van der Waals surface area contributed by atoms with Crippen molar-refractivity contribution >= 4 is 59.4 Å². The topological polar surface area (TPSA) is 52.2 Å². The summed E-state index contributed by atoms with van der Waals surface area (Å²) in [4.78, 5) is 23.3. The van der Waals surface area contributed by atoms with Crippen molar-refractivity contribution in [3.63, 3.8) is 0 Å². The minimum absolute atomic E-state index is 0.0813. The van der Waals surface area contributed by atoms with Crippen molar-refractivity contribution in [1.29, 1.82) is 0 Å². The van der Waals surface area contributed by atoms with Crippen LogP contribution in [0.1, 0.15) is 0 Å². The number of aromatic nitrogens is 4. The van der Waals surface area contributed by atoms with Crippen molar-refractivity contribution in [3.05, 3.63) is 120 Å². The predicted octanol–water partition coefficient (Wildman–Crippen LogP) is 7.22. The Morgan fingerprint density at radius 2 is 1.43 bits per heavy atom. The van der Waals surface area contributed by atoms with Crippen LogP contribution in [-0.2, 0) is 0 Å². The summed E-state index contributed by atoms with van der Waals surface area (Å²) in [5.41, 5.74) is 6.84. The molecule has 174 valence electrons. The molecule has 0 N–H and O–H groups in total. The minimum Gasteiger partial charge on any atom is -0.309 e. The Morgan fingerprint density at radius 1 is 0.676 bits per heavy atom. The van der Waals surface area contributed by atoms with E-state index in [4.69, 9.17) is 9.97 Å². The summed E-state index contributed by atoms with van der Waals surface area (Å²) in [5, 5.41) is 3.00. The molecular formula is C31H18N4OS. The van der Waals surface area contributed by atoms with Crippen LogP contribution in [-0.4, -0.2) is 18.9 Å². The Morgan fingerprint density at radius 3 is 2.32 bits per heavy atom. The van der Waals surface area contributed by atoms with Crippen LogP contribution < -0.4 is 5.56 Å². The predicted molar refractivity (Wildman–Crippen MR) is 152 cm³/mol. The van der Waals surface area contributed by atoms with E-state index in [1.807, 2.05) is 36.5 Å². The highest BCUT2D eigenvalue weighted by Gasteiger charge is 2.15. The maximum atomic E-state index is 13.2. The zero-order chi connectivity index (χ0) is 24.5. The van der Waals surface area contributed by atoms with Crippen molar-refractivity contribution in [3.8, 4) is 16.8 Å². The van der Waals surface area contributed by atoms with Gasteiger partial charge in [-0.2, -0.15) is 0 Å². The molecule has 0 fully saturated rings. The van der Waals surface area contributed by atoms with Crippen LogP contribution in [0.2, 0.25) is 0 Å². The lowest BCUT2D eigenvalue weighted by atomic mass is 10.0. The van der Waals surface area contributed by atoms with E-state index < -0.39 is 0 Å². The Hall–Kier alpha value is -4.81. The van der Waals surface area contributed by atoms with E-state index >= 15 is 0 Å². The van der Waals surface area contributed by atoms with E-state index in [2.05, 4.69) is 77.4 Å². The molecule has 5 nitrogen and oxygen atoms in total. The average molecular weight is 495 g/mol. The third-order valence-corrected chi connectivity index (χ3v) is 7.99. The smallest absolute Gasteiger partial charge is 0.268 e. The molecule has 0 aliphatic heterocycles. The van der Waals surface area contributed by atoms with Crippen LogP contribution >= 0.6 is 11.3 Å². The molecule has 0 atom stereocenters. The van der Waals surface area contributed by atoms with Gasteiger partial charge in [-0.3, -0.25) is 4.79 Å². The van der Waals surface area contributed by atoms with Gasteiger partial charge in [0.2, 0.25) is 0 Å². The molecular weight excluding hydrogens is 476 g/mol. The third kappa shape index (κ3) is 2.93. The molecule has 4 aromatic carbocycles. The van der Waals surface area contributed by atoms with Gasteiger partial charge in [0.15, 0.2) is 10.6 Å². The van der Waals surface area contributed by atoms with E-state index in [9.17, 15) is 4.79 Å². The first-order valence-electron chi connectivity index (χ1n) is 12.1. The number of rotatable bonds is 2. The number of benzene rings is 4. The molecule has 0 radical (unpaired) electrons. The normalized spacial score (nSPS) is 11.9. The Balaban J connectivity index is 1.35. The third-order valence-electron chi connectivity index (χ3n) is 7.01. The van der Waals surface area contributed by atoms with E-state index in [-0.39, 0.29) is 5.56 Å². The van der Waals surface area contributed by atoms with Gasteiger partial charge in [0, 0.05) is 28.2 Å². The summed E-state index contributed by atoms with van der Waals surface area (Å²) in [6.07, 6.45) is 1.85. The fourth-order valence-electron chi connectivity index (χ4n) is 5.31. The van der Waals surface area contributed by atoms with Gasteiger partial charge in [0.1, 0.15) is 0 Å². The highest BCUT2D eigenvalue weighted by atomic mass is 32.1. The maximum Gasteiger partial charge on any atom is 0.268 e. The van der Waals surface area contributed by atoms with Crippen LogP contribution in [0.5, 0.6) is 0 Å². The molecule has 6 heteroatoms. The SMILES string of the molecule is O=c1c2ccccc2nc2sc3cc(-c4ccc5c(c4)c4ccccc4n5-c4ccccc4)cnc3n12. The minimum atomic E-state index is -0.0813. The van der Waals surface area contributed by atoms with Crippen molar-refractivity contribution < 1.29 is 0 Å². The fourth-order valence-corrected chi connectivity index (χ4v) is 6.33. The molecule has 37 heavy (non-hydrogen) atoms. The van der Waals surface area contributed by atoms with E-state index in [0.29, 0.717) is 21.5 Å². The van der Waals surface area contributed by atoms with Crippen molar-refractivity contribution in [2.45, 2.75) is 0 Å². The van der Waals surface area contributed by atoms with Crippen molar-refractivity contribution in [2.24, 2.45) is 0 Å². The van der Waals surface area contributed by atoms with Gasteiger partial charge in [-0.25, -0.2) is 14.4 Å². The average Bonchev–Trinajstić information content (AvgIpc) is 3.48. The second-order valence-corrected chi connectivity index (χ2v) is 10.1. The number of hydrogen-bond donors (Lipinski definition) is 0. The van der Waals surface area contributed by atoms with E-state index in [1.54, 1.807) is 4.40 Å². The molecule has 8 aromatic rings. The second-order valence-electron chi connectivity index (χ2n) is 9.12. The Kier molecular flexibility index (Phi) is 4.18. The lowest BCUT2D eigenvalue weighted by Crippen LogP contribution is -2.13. The second kappa shape index (κ2) is 7.59. The first kappa shape index (κ1) is 20.4. The molecule has 0 aliphatic rings. The monoisotopic (exact) mass is 494 g/mol. The number of pyridine rings is 1. The van der Waals surface area contributed by atoms with Gasteiger partial charge < -0.3 is 4.57 Å². The molecule has 0 saturated heterocycles. The lowest BCUT2D eigenvalue weighted by Gasteiger charge is -2.08. The molecule has 0 saturated carbocycles. The van der Waals surface area contributed by atoms with Crippen LogP contribution in [0.25, 0.3) is 64.8 Å². The van der Waals surface area contributed by atoms with Crippen molar-refractivity contribution in [1.82, 2.24) is 18.9 Å². The number of hydrogen-bond acceptors (Lipinski definition) is 4. The van der Waals surface area contributed by atoms with Gasteiger partial charge in [-0.1, -0.05) is 65.9 Å². The van der Waals surface area contributed by atoms with Gasteiger partial charge in [0.05, 0.1) is 26.6 Å². The summed E-state index contributed by atoms with van der Waals surface area (Å²) >= 11 is 1.49. The van der Waals surface area contributed by atoms with E-state index in [1.165, 1.54) is 27.6 Å². The van der Waals surface area contributed by atoms with Gasteiger partial charge >= 0.3 is 0 Å². The zero-order valence-electron chi connectivity index (χ0n) is 19.5. The summed E-state index contributed by atoms with van der Waals surface area (Å²) in [7, 11) is 0.